The molecule has 0 aromatic carbocycles. The molecule has 1 aromatic rings. The van der Waals surface area contributed by atoms with Gasteiger partial charge in [0.25, 0.3) is 0 Å². The second kappa shape index (κ2) is 10.7. The predicted molar refractivity (Wildman–Crippen MR) is 145 cm³/mol. The molecule has 5 aliphatic rings. The van der Waals surface area contributed by atoms with E-state index in [1.54, 1.807) is 0 Å². The minimum absolute atomic E-state index is 0.0196. The third-order valence-corrected chi connectivity index (χ3v) is 11.2. The number of aliphatic carboxylic acids is 1. The number of tetrazole rings is 1. The molecule has 0 aliphatic carbocycles. The van der Waals surface area contributed by atoms with Crippen molar-refractivity contribution in [1.82, 2.24) is 40.6 Å². The summed E-state index contributed by atoms with van der Waals surface area (Å²) in [6.07, 6.45) is 2.08. The van der Waals surface area contributed by atoms with E-state index in [-0.39, 0.29) is 83.4 Å². The molecule has 4 saturated heterocycles. The Hall–Kier alpha value is -2.88. The van der Waals surface area contributed by atoms with Gasteiger partial charge in [-0.1, -0.05) is 13.8 Å². The average molecular weight is 589 g/mol. The quantitative estimate of drug-likeness (QED) is 0.234. The Morgan fingerprint density at radius 2 is 2.10 bits per heavy atom. The summed E-state index contributed by atoms with van der Waals surface area (Å²) in [5.41, 5.74) is -0.241. The molecule has 2 amide bonds. The van der Waals surface area contributed by atoms with Crippen molar-refractivity contribution in [3.05, 3.63) is 16.9 Å². The van der Waals surface area contributed by atoms with Gasteiger partial charge in [-0.3, -0.25) is 14.4 Å². The van der Waals surface area contributed by atoms with Crippen molar-refractivity contribution in [2.45, 2.75) is 50.6 Å². The van der Waals surface area contributed by atoms with Crippen LogP contribution in [0, 0.1) is 29.1 Å². The summed E-state index contributed by atoms with van der Waals surface area (Å²) in [5.74, 6) is -2.13. The molecule has 6 rings (SSSR count). The summed E-state index contributed by atoms with van der Waals surface area (Å²) in [7, 11) is 0. The van der Waals surface area contributed by atoms with E-state index in [0.29, 0.717) is 37.5 Å². The van der Waals surface area contributed by atoms with Crippen LogP contribution >= 0.6 is 11.8 Å². The number of rotatable bonds is 10. The zero-order chi connectivity index (χ0) is 29.1. The Morgan fingerprint density at radius 3 is 2.78 bits per heavy atom. The molecule has 6 heterocycles. The van der Waals surface area contributed by atoms with Crippen molar-refractivity contribution in [2.24, 2.45) is 29.1 Å². The van der Waals surface area contributed by atoms with Crippen LogP contribution in [0.4, 0.5) is 0 Å². The van der Waals surface area contributed by atoms with E-state index < -0.39 is 11.9 Å². The Labute approximate surface area is 241 Å². The van der Waals surface area contributed by atoms with Gasteiger partial charge < -0.3 is 30.6 Å². The molecular weight excluding hydrogens is 552 g/mol. The number of likely N-dealkylation sites (tertiary alicyclic amines) is 1. The number of thioether (sulfide) groups is 1. The summed E-state index contributed by atoms with van der Waals surface area (Å²) < 4.78 is 1.34. The number of hydrogen-bond donors (Lipinski definition) is 4. The van der Waals surface area contributed by atoms with Gasteiger partial charge in [0.05, 0.1) is 24.6 Å². The normalized spacial score (nSPS) is 35.0. The number of amides is 2. The van der Waals surface area contributed by atoms with Crippen LogP contribution in [0.3, 0.4) is 0 Å². The number of nitrogens with zero attached hydrogens (tertiary/aromatic N) is 6. The van der Waals surface area contributed by atoms with Crippen LogP contribution in [0.5, 0.6) is 0 Å². The summed E-state index contributed by atoms with van der Waals surface area (Å²) in [6.45, 7) is 7.11. The van der Waals surface area contributed by atoms with E-state index >= 15 is 0 Å². The minimum Gasteiger partial charge on any atom is -0.477 e. The molecule has 41 heavy (non-hydrogen) atoms. The summed E-state index contributed by atoms with van der Waals surface area (Å²) in [6, 6.07) is -0.677. The maximum Gasteiger partial charge on any atom is 0.353 e. The molecule has 14 nitrogen and oxygen atoms in total. The maximum atomic E-state index is 13.4. The first-order valence-electron chi connectivity index (χ1n) is 14.2. The predicted octanol–water partition coefficient (Wildman–Crippen LogP) is -1.45. The molecule has 0 bridgehead atoms. The maximum absolute atomic E-state index is 13.4. The number of aliphatic hydroxyl groups is 1. The number of aliphatic hydroxyl groups excluding tert-OH is 1. The first-order valence-corrected chi connectivity index (χ1v) is 15.0. The minimum atomic E-state index is -1.14. The van der Waals surface area contributed by atoms with Crippen molar-refractivity contribution in [1.29, 1.82) is 0 Å². The van der Waals surface area contributed by atoms with Crippen LogP contribution in [-0.4, -0.2) is 120 Å². The molecule has 15 heteroatoms. The Morgan fingerprint density at radius 1 is 1.29 bits per heavy atom. The Balaban J connectivity index is 1.09. The average Bonchev–Trinajstić information content (AvgIpc) is 3.73. The highest BCUT2D eigenvalue weighted by atomic mass is 32.2. The molecule has 1 aromatic heterocycles. The van der Waals surface area contributed by atoms with E-state index in [0.717, 1.165) is 6.54 Å². The lowest BCUT2D eigenvalue weighted by Crippen LogP contribution is -2.62. The van der Waals surface area contributed by atoms with E-state index in [1.807, 2.05) is 18.7 Å². The number of fused-ring (bicyclic) bond motifs is 2. The van der Waals surface area contributed by atoms with Gasteiger partial charge in [0, 0.05) is 60.6 Å². The van der Waals surface area contributed by atoms with Crippen LogP contribution < -0.4 is 10.6 Å². The molecule has 5 aliphatic heterocycles. The van der Waals surface area contributed by atoms with Gasteiger partial charge in [-0.2, -0.15) is 0 Å². The standard InChI is InChI=1S/C26H36N8O6S/c1-13(3-16(36)8-33-12-29-30-31-33)19-20-14(2)22(21(25(39)40)34(20)24(19)38)41-17-4-18(28-6-17)23(37)32-7-15-5-27-9-26(15,10-32)11-35/h12-15,17-20,27-28,35H,3-11H2,1-2H3,(H,39,40)/t13-,14+,15?,17-,18-,19+,20+,26?/m0/s1. The SMILES string of the molecule is C[C@@H](CC(=O)Cn1cnnn1)[C@H]1C(=O)N2C(C(=O)O)=C(S[C@@H]3CN[C@H](C(=O)N4CC5CNCC5(CO)C4)C3)[C@H](C)[C@H]12. The van der Waals surface area contributed by atoms with Crippen molar-refractivity contribution in [3.8, 4) is 0 Å². The van der Waals surface area contributed by atoms with Crippen molar-refractivity contribution >= 4 is 35.3 Å². The molecule has 0 spiro atoms. The summed E-state index contributed by atoms with van der Waals surface area (Å²) in [4.78, 5) is 55.5. The van der Waals surface area contributed by atoms with Gasteiger partial charge in [0.2, 0.25) is 11.8 Å². The van der Waals surface area contributed by atoms with Crippen LogP contribution in [0.2, 0.25) is 0 Å². The summed E-state index contributed by atoms with van der Waals surface area (Å²) in [5, 5.41) is 37.5. The number of carbonyl (C=O) groups excluding carboxylic acids is 3. The lowest BCUT2D eigenvalue weighted by Gasteiger charge is -2.47. The molecule has 2 unspecified atom stereocenters. The molecule has 4 fully saturated rings. The zero-order valence-electron chi connectivity index (χ0n) is 23.1. The van der Waals surface area contributed by atoms with Crippen molar-refractivity contribution in [2.75, 3.05) is 39.3 Å². The number of β-lactam (4-membered cyclic amide) rings is 1. The number of carboxylic acid groups (broad SMARTS) is 1. The molecule has 0 saturated carbocycles. The third-order valence-electron chi connectivity index (χ3n) is 9.67. The third kappa shape index (κ3) is 4.76. The van der Waals surface area contributed by atoms with Crippen molar-refractivity contribution < 1.29 is 29.4 Å². The van der Waals surface area contributed by atoms with Gasteiger partial charge in [-0.05, 0) is 28.7 Å². The smallest absolute Gasteiger partial charge is 0.353 e. The Bertz CT molecular complexity index is 1270. The fourth-order valence-electron chi connectivity index (χ4n) is 7.55. The lowest BCUT2D eigenvalue weighted by atomic mass is 9.73. The molecule has 8 atom stereocenters. The number of hydrogen-bond acceptors (Lipinski definition) is 11. The highest BCUT2D eigenvalue weighted by molar-refractivity contribution is 8.03. The lowest BCUT2D eigenvalue weighted by molar-refractivity contribution is -0.160. The molecule has 4 N–H and O–H groups in total. The van der Waals surface area contributed by atoms with Gasteiger partial charge in [-0.25, -0.2) is 9.48 Å². The monoisotopic (exact) mass is 588 g/mol. The second-order valence-corrected chi connectivity index (χ2v) is 13.6. The first kappa shape index (κ1) is 28.2. The number of ketones is 1. The largest absolute Gasteiger partial charge is 0.477 e. The van der Waals surface area contributed by atoms with Gasteiger partial charge in [0.15, 0.2) is 5.78 Å². The number of carbonyl (C=O) groups is 4. The molecular formula is C26H36N8O6S. The van der Waals surface area contributed by atoms with E-state index in [2.05, 4.69) is 26.2 Å². The van der Waals surface area contributed by atoms with E-state index in [9.17, 15) is 29.4 Å². The number of carboxylic acids is 1. The first-order chi connectivity index (χ1) is 19.6. The van der Waals surface area contributed by atoms with Crippen LogP contribution in [0.25, 0.3) is 0 Å². The number of nitrogens with one attached hydrogen (secondary N) is 2. The molecule has 0 radical (unpaired) electrons. The van der Waals surface area contributed by atoms with Gasteiger partial charge >= 0.3 is 5.97 Å². The fraction of sp³-hybridized carbons (Fsp3) is 0.731. The number of Topliss-reactive ketones (excluding diaryl/α,β-unsaturated/α-hetero) is 1. The van der Waals surface area contributed by atoms with Crippen LogP contribution in [-0.2, 0) is 25.7 Å². The second-order valence-electron chi connectivity index (χ2n) is 12.3. The van der Waals surface area contributed by atoms with Gasteiger partial charge in [0.1, 0.15) is 18.6 Å². The number of aromatic nitrogens is 4. The Kier molecular flexibility index (Phi) is 7.41. The highest BCUT2D eigenvalue weighted by Gasteiger charge is 2.60. The molecule has 222 valence electrons. The van der Waals surface area contributed by atoms with Crippen LogP contribution in [0.15, 0.2) is 16.9 Å². The van der Waals surface area contributed by atoms with E-state index in [4.69, 9.17) is 0 Å². The summed E-state index contributed by atoms with van der Waals surface area (Å²) >= 11 is 1.45. The zero-order valence-corrected chi connectivity index (χ0v) is 23.9. The van der Waals surface area contributed by atoms with Gasteiger partial charge in [-0.15, -0.1) is 16.9 Å². The fourth-order valence-corrected chi connectivity index (χ4v) is 9.02. The van der Waals surface area contributed by atoms with Crippen LogP contribution in [0.1, 0.15) is 26.7 Å². The van der Waals surface area contributed by atoms with Crippen molar-refractivity contribution in [3.63, 3.8) is 0 Å². The topological polar surface area (TPSA) is 183 Å². The van der Waals surface area contributed by atoms with E-state index in [1.165, 1.54) is 27.7 Å². The highest BCUT2D eigenvalue weighted by Crippen LogP contribution is 2.53.